The van der Waals surface area contributed by atoms with Gasteiger partial charge >= 0.3 is 6.09 Å². The van der Waals surface area contributed by atoms with Crippen molar-refractivity contribution in [2.24, 2.45) is 5.41 Å². The summed E-state index contributed by atoms with van der Waals surface area (Å²) in [5.74, 6) is 1.07. The molecule has 5 rings (SSSR count). The van der Waals surface area contributed by atoms with Gasteiger partial charge in [-0.05, 0) is 63.9 Å². The number of aromatic amines is 1. The van der Waals surface area contributed by atoms with Crippen LogP contribution in [0.1, 0.15) is 39.3 Å². The fraction of sp³-hybridized carbons (Fsp3) is 0.429. The van der Waals surface area contributed by atoms with E-state index < -0.39 is 5.60 Å². The molecule has 0 aromatic carbocycles. The maximum atomic E-state index is 13.0. The van der Waals surface area contributed by atoms with E-state index in [0.717, 1.165) is 25.9 Å². The number of rotatable bonds is 5. The van der Waals surface area contributed by atoms with E-state index in [1.54, 1.807) is 29.2 Å². The smallest absolute Gasteiger partial charge is 0.410 e. The molecule has 0 saturated carbocycles. The zero-order chi connectivity index (χ0) is 27.8. The molecule has 3 aromatic heterocycles. The molecule has 11 heteroatoms. The van der Waals surface area contributed by atoms with Crippen LogP contribution in [0.25, 0.3) is 5.69 Å². The number of aromatic nitrogens is 3. The second kappa shape index (κ2) is 10.4. The highest BCUT2D eigenvalue weighted by Crippen LogP contribution is 2.41. The summed E-state index contributed by atoms with van der Waals surface area (Å²) in [5.41, 5.74) is -0.407. The molecule has 5 heterocycles. The van der Waals surface area contributed by atoms with Crippen LogP contribution < -0.4 is 20.8 Å². The lowest BCUT2D eigenvalue weighted by molar-refractivity contribution is 0.0276. The van der Waals surface area contributed by atoms with E-state index in [0.29, 0.717) is 35.4 Å². The zero-order valence-electron chi connectivity index (χ0n) is 22.3. The van der Waals surface area contributed by atoms with Crippen molar-refractivity contribution in [2.75, 3.05) is 31.1 Å². The summed E-state index contributed by atoms with van der Waals surface area (Å²) >= 11 is 5.85. The molecule has 1 unspecified atom stereocenters. The van der Waals surface area contributed by atoms with Gasteiger partial charge in [-0.15, -0.1) is 0 Å². The van der Waals surface area contributed by atoms with Gasteiger partial charge in [0.25, 0.3) is 11.1 Å². The monoisotopic (exact) mass is 553 g/mol. The van der Waals surface area contributed by atoms with Gasteiger partial charge < -0.3 is 24.3 Å². The minimum Gasteiger partial charge on any atom is -0.487 e. The molecule has 39 heavy (non-hydrogen) atoms. The van der Waals surface area contributed by atoms with Crippen LogP contribution in [0.15, 0.2) is 58.4 Å². The maximum absolute atomic E-state index is 13.0. The van der Waals surface area contributed by atoms with E-state index in [1.165, 1.54) is 23.0 Å². The van der Waals surface area contributed by atoms with Crippen LogP contribution in [-0.2, 0) is 11.3 Å². The first kappa shape index (κ1) is 26.8. The molecule has 1 amide bonds. The van der Waals surface area contributed by atoms with Crippen LogP contribution in [0, 0.1) is 5.41 Å². The first-order chi connectivity index (χ1) is 18.5. The molecule has 0 radical (unpaired) electrons. The fourth-order valence-electron chi connectivity index (χ4n) is 5.12. The predicted octanol–water partition coefficient (Wildman–Crippen LogP) is 3.99. The van der Waals surface area contributed by atoms with E-state index in [-0.39, 0.29) is 34.9 Å². The number of anilines is 1. The second-order valence-corrected chi connectivity index (χ2v) is 11.6. The lowest BCUT2D eigenvalue weighted by Gasteiger charge is -2.27. The van der Waals surface area contributed by atoms with Crippen LogP contribution in [-0.4, -0.2) is 57.3 Å². The number of nitrogens with one attached hydrogen (secondary N) is 1. The summed E-state index contributed by atoms with van der Waals surface area (Å²) in [4.78, 5) is 49.3. The van der Waals surface area contributed by atoms with E-state index in [4.69, 9.17) is 21.1 Å². The molecule has 0 bridgehead atoms. The number of H-pyrrole nitrogens is 1. The molecular weight excluding hydrogens is 522 g/mol. The third-order valence-corrected chi connectivity index (χ3v) is 7.29. The van der Waals surface area contributed by atoms with E-state index in [1.807, 2.05) is 26.8 Å². The van der Waals surface area contributed by atoms with Gasteiger partial charge in [0.15, 0.2) is 0 Å². The number of carbonyl (C=O) groups excluding carboxylic acids is 1. The van der Waals surface area contributed by atoms with Crippen molar-refractivity contribution in [2.45, 2.75) is 45.8 Å². The summed E-state index contributed by atoms with van der Waals surface area (Å²) < 4.78 is 12.5. The molecule has 2 aliphatic heterocycles. The molecule has 10 nitrogen and oxygen atoms in total. The first-order valence-corrected chi connectivity index (χ1v) is 13.3. The minimum absolute atomic E-state index is 0.0270. The molecule has 2 fully saturated rings. The molecule has 206 valence electrons. The molecular formula is C28H32ClN5O5. The number of halogens is 1. The summed E-state index contributed by atoms with van der Waals surface area (Å²) in [5, 5.41) is 0.533. The van der Waals surface area contributed by atoms with E-state index >= 15 is 0 Å². The number of likely N-dealkylation sites (tertiary alicyclic amines) is 1. The number of nitrogens with zero attached hydrogens (tertiary/aromatic N) is 4. The Morgan fingerprint density at radius 1 is 1.10 bits per heavy atom. The molecule has 0 aliphatic carbocycles. The van der Waals surface area contributed by atoms with Crippen molar-refractivity contribution in [1.82, 2.24) is 19.4 Å². The Kier molecular flexibility index (Phi) is 7.15. The Morgan fingerprint density at radius 2 is 1.90 bits per heavy atom. The van der Waals surface area contributed by atoms with E-state index in [2.05, 4.69) is 14.9 Å². The molecule has 1 spiro atoms. The average molecular weight is 554 g/mol. The molecule has 1 atom stereocenters. The lowest BCUT2D eigenvalue weighted by Crippen LogP contribution is -2.38. The van der Waals surface area contributed by atoms with Gasteiger partial charge in [0, 0.05) is 50.1 Å². The molecule has 2 aliphatic rings. The van der Waals surface area contributed by atoms with Crippen LogP contribution in [0.3, 0.4) is 0 Å². The highest BCUT2D eigenvalue weighted by Gasteiger charge is 2.45. The summed E-state index contributed by atoms with van der Waals surface area (Å²) in [6.07, 6.45) is 4.58. The van der Waals surface area contributed by atoms with Gasteiger partial charge in [-0.1, -0.05) is 11.6 Å². The van der Waals surface area contributed by atoms with Crippen molar-refractivity contribution in [3.63, 3.8) is 0 Å². The van der Waals surface area contributed by atoms with Gasteiger partial charge in [0.1, 0.15) is 29.5 Å². The van der Waals surface area contributed by atoms with Crippen LogP contribution >= 0.6 is 11.6 Å². The van der Waals surface area contributed by atoms with Crippen LogP contribution in [0.4, 0.5) is 10.6 Å². The Bertz CT molecular complexity index is 1480. The topological polar surface area (TPSA) is 110 Å². The number of pyridine rings is 3. The number of ether oxygens (including phenoxy) is 2. The lowest BCUT2D eigenvalue weighted by atomic mass is 9.86. The van der Waals surface area contributed by atoms with Crippen molar-refractivity contribution in [3.05, 3.63) is 80.2 Å². The Hall–Kier alpha value is -3.79. The second-order valence-electron chi connectivity index (χ2n) is 11.2. The van der Waals surface area contributed by atoms with Crippen molar-refractivity contribution < 1.29 is 14.3 Å². The van der Waals surface area contributed by atoms with Crippen molar-refractivity contribution >= 4 is 23.5 Å². The quantitative estimate of drug-likeness (QED) is 0.508. The predicted molar refractivity (Wildman–Crippen MR) is 148 cm³/mol. The summed E-state index contributed by atoms with van der Waals surface area (Å²) in [6.45, 7) is 8.58. The normalized spacial score (nSPS) is 19.1. The largest absolute Gasteiger partial charge is 0.487 e. The highest BCUT2D eigenvalue weighted by atomic mass is 35.5. The van der Waals surface area contributed by atoms with Crippen LogP contribution in [0.5, 0.6) is 5.75 Å². The minimum atomic E-state index is -0.528. The fourth-order valence-corrected chi connectivity index (χ4v) is 5.23. The van der Waals surface area contributed by atoms with Crippen molar-refractivity contribution in [3.8, 4) is 11.4 Å². The summed E-state index contributed by atoms with van der Waals surface area (Å²) in [6, 6.07) is 9.90. The zero-order valence-corrected chi connectivity index (χ0v) is 23.0. The standard InChI is InChI=1S/C28H32ClN5O5/c1-27(2,3)39-26(37)33-13-10-28(18-33)9-12-32(17-28)23-7-6-22(25(36)31-23)34-11-8-21(14-24(34)35)38-16-20-5-4-19(29)15-30-20/h4-8,11,14-15H,9-10,12-13,16-18H2,1-3H3,(H,31,36). The Labute approximate surface area is 231 Å². The summed E-state index contributed by atoms with van der Waals surface area (Å²) in [7, 11) is 0. The number of amides is 1. The van der Waals surface area contributed by atoms with Gasteiger partial charge in [-0.25, -0.2) is 4.79 Å². The Balaban J connectivity index is 1.24. The van der Waals surface area contributed by atoms with Gasteiger partial charge in [-0.3, -0.25) is 19.1 Å². The van der Waals surface area contributed by atoms with Gasteiger partial charge in [-0.2, -0.15) is 0 Å². The van der Waals surface area contributed by atoms with Crippen molar-refractivity contribution in [1.29, 1.82) is 0 Å². The molecule has 1 N–H and O–H groups in total. The van der Waals surface area contributed by atoms with Crippen LogP contribution in [0.2, 0.25) is 5.02 Å². The number of hydrogen-bond donors (Lipinski definition) is 1. The average Bonchev–Trinajstić information content (AvgIpc) is 3.50. The Morgan fingerprint density at radius 3 is 2.59 bits per heavy atom. The first-order valence-electron chi connectivity index (χ1n) is 12.9. The number of carbonyl (C=O) groups is 1. The SMILES string of the molecule is CC(C)(C)OC(=O)N1CCC2(CCN(c3ccc(-n4ccc(OCc5ccc(Cl)cn5)cc4=O)c(=O)[nH]3)C2)C1. The highest BCUT2D eigenvalue weighted by molar-refractivity contribution is 6.30. The maximum Gasteiger partial charge on any atom is 0.410 e. The molecule has 2 saturated heterocycles. The van der Waals surface area contributed by atoms with E-state index in [9.17, 15) is 14.4 Å². The number of hydrogen-bond acceptors (Lipinski definition) is 7. The molecule has 3 aromatic rings. The van der Waals surface area contributed by atoms with Gasteiger partial charge in [0.2, 0.25) is 0 Å². The third-order valence-electron chi connectivity index (χ3n) is 7.07. The van der Waals surface area contributed by atoms with Gasteiger partial charge in [0.05, 0.1) is 10.7 Å². The third kappa shape index (κ3) is 6.11.